The third kappa shape index (κ3) is 3.19. The lowest BCUT2D eigenvalue weighted by Gasteiger charge is -2.23. The van der Waals surface area contributed by atoms with Crippen molar-refractivity contribution >= 4 is 17.5 Å². The van der Waals surface area contributed by atoms with E-state index in [2.05, 4.69) is 0 Å². The summed E-state index contributed by atoms with van der Waals surface area (Å²) in [6, 6.07) is 6.55. The third-order valence-corrected chi connectivity index (χ3v) is 3.06. The Bertz CT molecular complexity index is 400. The van der Waals surface area contributed by atoms with E-state index in [0.717, 1.165) is 18.4 Å². The second kappa shape index (κ2) is 5.05. The van der Waals surface area contributed by atoms with Gasteiger partial charge in [-0.3, -0.25) is 4.79 Å². The molecule has 0 N–H and O–H groups in total. The van der Waals surface area contributed by atoms with Gasteiger partial charge in [-0.05, 0) is 37.5 Å². The second-order valence-corrected chi connectivity index (χ2v) is 5.09. The van der Waals surface area contributed by atoms with Crippen LogP contribution in [0.15, 0.2) is 24.3 Å². The Morgan fingerprint density at radius 1 is 1.47 bits per heavy atom. The molecule has 1 saturated carbocycles. The molecule has 1 amide bonds. The van der Waals surface area contributed by atoms with Crippen molar-refractivity contribution in [3.05, 3.63) is 35.6 Å². The predicted molar refractivity (Wildman–Crippen MR) is 65.3 cm³/mol. The topological polar surface area (TPSA) is 20.3 Å². The molecular formula is C13H15ClFNO. The molecule has 2 nitrogen and oxygen atoms in total. The monoisotopic (exact) mass is 255 g/mol. The summed E-state index contributed by atoms with van der Waals surface area (Å²) >= 11 is 5.84. The Labute approximate surface area is 105 Å². The predicted octanol–water partition coefficient (Wildman–Crippen LogP) is 2.94. The van der Waals surface area contributed by atoms with Gasteiger partial charge in [0.15, 0.2) is 0 Å². The molecule has 0 spiro atoms. The summed E-state index contributed by atoms with van der Waals surface area (Å²) < 4.78 is 12.8. The molecule has 17 heavy (non-hydrogen) atoms. The zero-order valence-corrected chi connectivity index (χ0v) is 10.5. The molecule has 1 fully saturated rings. The van der Waals surface area contributed by atoms with Gasteiger partial charge in [0.1, 0.15) is 11.2 Å². The van der Waals surface area contributed by atoms with E-state index in [1.165, 1.54) is 12.1 Å². The molecule has 1 aromatic rings. The van der Waals surface area contributed by atoms with E-state index < -0.39 is 5.38 Å². The van der Waals surface area contributed by atoms with Crippen LogP contribution in [0.3, 0.4) is 0 Å². The number of hydrogen-bond acceptors (Lipinski definition) is 1. The Balaban J connectivity index is 2.07. The smallest absolute Gasteiger partial charge is 0.240 e. The maximum atomic E-state index is 12.8. The van der Waals surface area contributed by atoms with Crippen molar-refractivity contribution in [3.8, 4) is 0 Å². The molecule has 0 saturated heterocycles. The molecular weight excluding hydrogens is 241 g/mol. The molecule has 0 bridgehead atoms. The van der Waals surface area contributed by atoms with Gasteiger partial charge in [0, 0.05) is 12.6 Å². The van der Waals surface area contributed by atoms with Gasteiger partial charge in [-0.1, -0.05) is 12.1 Å². The lowest BCUT2D eigenvalue weighted by atomic mass is 10.2. The molecule has 92 valence electrons. The highest BCUT2D eigenvalue weighted by Gasteiger charge is 2.33. The molecule has 1 aliphatic rings. The Morgan fingerprint density at radius 2 is 2.06 bits per heavy atom. The average molecular weight is 256 g/mol. The number of nitrogens with zero attached hydrogens (tertiary/aromatic N) is 1. The van der Waals surface area contributed by atoms with Gasteiger partial charge in [-0.15, -0.1) is 11.6 Å². The number of halogens is 2. The quantitative estimate of drug-likeness (QED) is 0.758. The third-order valence-electron chi connectivity index (χ3n) is 2.88. The first-order valence-electron chi connectivity index (χ1n) is 5.77. The van der Waals surface area contributed by atoms with Crippen LogP contribution >= 0.6 is 11.6 Å². The van der Waals surface area contributed by atoms with Gasteiger partial charge in [0.2, 0.25) is 5.91 Å². The highest BCUT2D eigenvalue weighted by molar-refractivity contribution is 6.30. The lowest BCUT2D eigenvalue weighted by molar-refractivity contribution is -0.131. The lowest BCUT2D eigenvalue weighted by Crippen LogP contribution is -2.36. The highest BCUT2D eigenvalue weighted by atomic mass is 35.5. The summed E-state index contributed by atoms with van der Waals surface area (Å²) in [5.41, 5.74) is 0.934. The molecule has 0 aliphatic heterocycles. The van der Waals surface area contributed by atoms with Crippen molar-refractivity contribution < 1.29 is 9.18 Å². The maximum Gasteiger partial charge on any atom is 0.240 e. The number of benzene rings is 1. The molecule has 1 unspecified atom stereocenters. The SMILES string of the molecule is CC(Cl)C(=O)N(Cc1ccc(F)cc1)C1CC1. The first-order chi connectivity index (χ1) is 8.08. The van der Waals surface area contributed by atoms with Gasteiger partial charge in [-0.2, -0.15) is 0 Å². The van der Waals surface area contributed by atoms with Gasteiger partial charge in [0.25, 0.3) is 0 Å². The molecule has 0 heterocycles. The van der Waals surface area contributed by atoms with Gasteiger partial charge >= 0.3 is 0 Å². The van der Waals surface area contributed by atoms with E-state index in [9.17, 15) is 9.18 Å². The van der Waals surface area contributed by atoms with Gasteiger partial charge < -0.3 is 4.90 Å². The van der Waals surface area contributed by atoms with Crippen molar-refractivity contribution in [2.45, 2.75) is 37.7 Å². The summed E-state index contributed by atoms with van der Waals surface area (Å²) in [5.74, 6) is -0.303. The Hall–Kier alpha value is -1.09. The largest absolute Gasteiger partial charge is 0.334 e. The van der Waals surface area contributed by atoms with Crippen LogP contribution in [-0.4, -0.2) is 22.2 Å². The van der Waals surface area contributed by atoms with Gasteiger partial charge in [-0.25, -0.2) is 4.39 Å². The first-order valence-corrected chi connectivity index (χ1v) is 6.20. The first kappa shape index (κ1) is 12.4. The fourth-order valence-electron chi connectivity index (χ4n) is 1.79. The van der Waals surface area contributed by atoms with E-state index in [1.54, 1.807) is 24.0 Å². The van der Waals surface area contributed by atoms with Crippen molar-refractivity contribution in [2.75, 3.05) is 0 Å². The van der Waals surface area contributed by atoms with Crippen LogP contribution in [0.4, 0.5) is 4.39 Å². The molecule has 0 aromatic heterocycles. The van der Waals surface area contributed by atoms with E-state index in [0.29, 0.717) is 12.6 Å². The number of hydrogen-bond donors (Lipinski definition) is 0. The zero-order valence-electron chi connectivity index (χ0n) is 9.70. The summed E-state index contributed by atoms with van der Waals surface area (Å²) in [5, 5.41) is -0.504. The Kier molecular flexibility index (Phi) is 3.67. The number of carbonyl (C=O) groups excluding carboxylic acids is 1. The van der Waals surface area contributed by atoms with Crippen LogP contribution in [-0.2, 0) is 11.3 Å². The molecule has 1 aromatic carbocycles. The zero-order chi connectivity index (χ0) is 12.4. The summed E-state index contributed by atoms with van der Waals surface area (Å²) in [6.07, 6.45) is 2.08. The fraction of sp³-hybridized carbons (Fsp3) is 0.462. The van der Waals surface area contributed by atoms with Crippen LogP contribution in [0.1, 0.15) is 25.3 Å². The Morgan fingerprint density at radius 3 is 2.53 bits per heavy atom. The number of carbonyl (C=O) groups is 1. The number of rotatable bonds is 4. The van der Waals surface area contributed by atoms with E-state index in [-0.39, 0.29) is 11.7 Å². The molecule has 0 radical (unpaired) electrons. The minimum Gasteiger partial charge on any atom is -0.334 e. The number of amides is 1. The van der Waals surface area contributed by atoms with Crippen molar-refractivity contribution in [2.24, 2.45) is 0 Å². The summed E-state index contributed by atoms with van der Waals surface area (Å²) in [4.78, 5) is 13.7. The van der Waals surface area contributed by atoms with Gasteiger partial charge in [0.05, 0.1) is 0 Å². The molecule has 2 rings (SSSR count). The normalized spacial score (nSPS) is 16.6. The van der Waals surface area contributed by atoms with Crippen LogP contribution in [0.2, 0.25) is 0 Å². The minimum absolute atomic E-state index is 0.0431. The van der Waals surface area contributed by atoms with Crippen LogP contribution < -0.4 is 0 Å². The van der Waals surface area contributed by atoms with E-state index >= 15 is 0 Å². The molecule has 1 atom stereocenters. The van der Waals surface area contributed by atoms with E-state index in [1.807, 2.05) is 0 Å². The standard InChI is InChI=1S/C13H15ClFNO/c1-9(14)13(17)16(12-6-7-12)8-10-2-4-11(15)5-3-10/h2-5,9,12H,6-8H2,1H3. The number of alkyl halides is 1. The molecule has 1 aliphatic carbocycles. The average Bonchev–Trinajstić information content (AvgIpc) is 3.11. The summed E-state index contributed by atoms with van der Waals surface area (Å²) in [7, 11) is 0. The van der Waals surface area contributed by atoms with Crippen LogP contribution in [0.25, 0.3) is 0 Å². The summed E-state index contributed by atoms with van der Waals surface area (Å²) in [6.45, 7) is 2.20. The van der Waals surface area contributed by atoms with Crippen molar-refractivity contribution in [1.29, 1.82) is 0 Å². The van der Waals surface area contributed by atoms with Crippen molar-refractivity contribution in [1.82, 2.24) is 4.90 Å². The molecule has 4 heteroatoms. The van der Waals surface area contributed by atoms with Crippen molar-refractivity contribution in [3.63, 3.8) is 0 Å². The van der Waals surface area contributed by atoms with E-state index in [4.69, 9.17) is 11.6 Å². The maximum absolute atomic E-state index is 12.8. The second-order valence-electron chi connectivity index (χ2n) is 4.44. The van der Waals surface area contributed by atoms with Crippen LogP contribution in [0.5, 0.6) is 0 Å². The highest BCUT2D eigenvalue weighted by Crippen LogP contribution is 2.29. The fourth-order valence-corrected chi connectivity index (χ4v) is 1.91. The minimum atomic E-state index is -0.504. The van der Waals surface area contributed by atoms with Crippen LogP contribution in [0, 0.1) is 5.82 Å².